The Morgan fingerprint density at radius 1 is 1.41 bits per heavy atom. The normalized spacial score (nSPS) is 16.7. The van der Waals surface area contributed by atoms with E-state index in [1.54, 1.807) is 6.20 Å². The van der Waals surface area contributed by atoms with Crippen LogP contribution in [0.5, 0.6) is 0 Å². The smallest absolute Gasteiger partial charge is 0.234 e. The van der Waals surface area contributed by atoms with Gasteiger partial charge in [0.2, 0.25) is 5.78 Å². The maximum atomic E-state index is 4.59. The first-order chi connectivity index (χ1) is 8.15. The molecule has 2 aromatic rings. The Labute approximate surface area is 109 Å². The number of rotatable bonds is 1. The molecule has 17 heavy (non-hydrogen) atoms. The fourth-order valence-corrected chi connectivity index (χ4v) is 2.64. The second kappa shape index (κ2) is 4.07. The molecule has 0 saturated carbocycles. The van der Waals surface area contributed by atoms with E-state index in [0.717, 1.165) is 29.8 Å². The number of aromatic nitrogens is 3. The van der Waals surface area contributed by atoms with Gasteiger partial charge in [-0.05, 0) is 29.8 Å². The predicted octanol–water partition coefficient (Wildman–Crippen LogP) is 2.26. The third kappa shape index (κ3) is 1.87. The molecule has 0 spiro atoms. The standard InChI is InChI=1S/C12H15BrN4/c1-8(2)16-4-3-10-11(7-16)17-6-9(13)5-14-12(17)15-10/h5-6,8H,3-4,7H2,1-2H3. The van der Waals surface area contributed by atoms with Gasteiger partial charge in [-0.1, -0.05) is 0 Å². The van der Waals surface area contributed by atoms with Gasteiger partial charge in [-0.3, -0.25) is 9.30 Å². The van der Waals surface area contributed by atoms with Gasteiger partial charge in [-0.25, -0.2) is 9.97 Å². The molecule has 0 radical (unpaired) electrons. The zero-order valence-corrected chi connectivity index (χ0v) is 11.6. The van der Waals surface area contributed by atoms with Crippen LogP contribution in [0.4, 0.5) is 0 Å². The number of imidazole rings is 1. The molecule has 0 aliphatic carbocycles. The zero-order chi connectivity index (χ0) is 12.0. The highest BCUT2D eigenvalue weighted by molar-refractivity contribution is 9.10. The quantitative estimate of drug-likeness (QED) is 0.809. The monoisotopic (exact) mass is 294 g/mol. The predicted molar refractivity (Wildman–Crippen MR) is 69.9 cm³/mol. The van der Waals surface area contributed by atoms with Gasteiger partial charge in [0.1, 0.15) is 0 Å². The molecule has 0 atom stereocenters. The van der Waals surface area contributed by atoms with Gasteiger partial charge in [0.25, 0.3) is 0 Å². The highest BCUT2D eigenvalue weighted by Crippen LogP contribution is 2.22. The Hall–Kier alpha value is -0.940. The van der Waals surface area contributed by atoms with E-state index in [4.69, 9.17) is 0 Å². The van der Waals surface area contributed by atoms with Crippen LogP contribution in [0.1, 0.15) is 25.2 Å². The molecule has 4 nitrogen and oxygen atoms in total. The van der Waals surface area contributed by atoms with Gasteiger partial charge in [0, 0.05) is 37.9 Å². The summed E-state index contributed by atoms with van der Waals surface area (Å²) in [5, 5.41) is 0. The Kier molecular flexibility index (Phi) is 2.67. The molecule has 5 heteroatoms. The van der Waals surface area contributed by atoms with Crippen molar-refractivity contribution in [2.75, 3.05) is 6.54 Å². The van der Waals surface area contributed by atoms with E-state index in [-0.39, 0.29) is 0 Å². The third-order valence-corrected chi connectivity index (χ3v) is 3.76. The van der Waals surface area contributed by atoms with Gasteiger partial charge in [0.05, 0.1) is 15.9 Å². The lowest BCUT2D eigenvalue weighted by Gasteiger charge is -2.29. The molecule has 0 saturated heterocycles. The summed E-state index contributed by atoms with van der Waals surface area (Å²) in [6.07, 6.45) is 4.88. The molecular formula is C12H15BrN4. The van der Waals surface area contributed by atoms with Crippen LogP contribution in [0.2, 0.25) is 0 Å². The van der Waals surface area contributed by atoms with Gasteiger partial charge in [-0.2, -0.15) is 0 Å². The lowest BCUT2D eigenvalue weighted by atomic mass is 10.1. The summed E-state index contributed by atoms with van der Waals surface area (Å²) in [4.78, 5) is 11.4. The topological polar surface area (TPSA) is 33.4 Å². The minimum Gasteiger partial charge on any atom is -0.295 e. The third-order valence-electron chi connectivity index (χ3n) is 3.35. The Bertz CT molecular complexity index is 561. The van der Waals surface area contributed by atoms with Crippen molar-refractivity contribution in [3.63, 3.8) is 0 Å². The fourth-order valence-electron chi connectivity index (χ4n) is 2.33. The summed E-state index contributed by atoms with van der Waals surface area (Å²) >= 11 is 3.46. The Morgan fingerprint density at radius 2 is 2.24 bits per heavy atom. The van der Waals surface area contributed by atoms with Gasteiger partial charge in [0.15, 0.2) is 0 Å². The zero-order valence-electron chi connectivity index (χ0n) is 10.0. The molecule has 1 aliphatic heterocycles. The molecule has 0 aromatic carbocycles. The van der Waals surface area contributed by atoms with Crippen molar-refractivity contribution in [2.24, 2.45) is 0 Å². The van der Waals surface area contributed by atoms with Crippen LogP contribution in [0.25, 0.3) is 5.78 Å². The Morgan fingerprint density at radius 3 is 3.00 bits per heavy atom. The minimum atomic E-state index is 0.578. The molecule has 0 N–H and O–H groups in total. The molecule has 90 valence electrons. The van der Waals surface area contributed by atoms with Gasteiger partial charge < -0.3 is 0 Å². The molecule has 0 fully saturated rings. The molecule has 0 bridgehead atoms. The number of hydrogen-bond acceptors (Lipinski definition) is 3. The summed E-state index contributed by atoms with van der Waals surface area (Å²) in [6.45, 7) is 6.53. The molecule has 3 heterocycles. The molecule has 2 aromatic heterocycles. The van der Waals surface area contributed by atoms with E-state index < -0.39 is 0 Å². The first kappa shape index (κ1) is 11.2. The fraction of sp³-hybridized carbons (Fsp3) is 0.500. The van der Waals surface area contributed by atoms with Crippen LogP contribution in [-0.2, 0) is 13.0 Å². The van der Waals surface area contributed by atoms with E-state index in [2.05, 4.69) is 55.2 Å². The lowest BCUT2D eigenvalue weighted by Crippen LogP contribution is -2.36. The van der Waals surface area contributed by atoms with Crippen LogP contribution in [0.15, 0.2) is 16.9 Å². The summed E-state index contributed by atoms with van der Waals surface area (Å²) in [5.41, 5.74) is 2.49. The van der Waals surface area contributed by atoms with Crippen LogP contribution < -0.4 is 0 Å². The van der Waals surface area contributed by atoms with E-state index in [9.17, 15) is 0 Å². The summed E-state index contributed by atoms with van der Waals surface area (Å²) in [6, 6.07) is 0.578. The molecule has 0 amide bonds. The van der Waals surface area contributed by atoms with Crippen molar-refractivity contribution in [1.29, 1.82) is 0 Å². The van der Waals surface area contributed by atoms with Gasteiger partial charge >= 0.3 is 0 Å². The maximum absolute atomic E-state index is 4.59. The Balaban J connectivity index is 2.10. The molecule has 0 unspecified atom stereocenters. The van der Waals surface area contributed by atoms with Crippen LogP contribution in [0, 0.1) is 0 Å². The summed E-state index contributed by atoms with van der Waals surface area (Å²) < 4.78 is 3.10. The maximum Gasteiger partial charge on any atom is 0.234 e. The minimum absolute atomic E-state index is 0.578. The second-order valence-corrected chi connectivity index (χ2v) is 5.68. The highest BCUT2D eigenvalue weighted by Gasteiger charge is 2.23. The van der Waals surface area contributed by atoms with Gasteiger partial charge in [-0.15, -0.1) is 0 Å². The number of hydrogen-bond donors (Lipinski definition) is 0. The molecular weight excluding hydrogens is 280 g/mol. The summed E-state index contributed by atoms with van der Waals surface area (Å²) in [5.74, 6) is 0.809. The number of nitrogens with zero attached hydrogens (tertiary/aromatic N) is 4. The van der Waals surface area contributed by atoms with E-state index in [0.29, 0.717) is 6.04 Å². The first-order valence-corrected chi connectivity index (χ1v) is 6.70. The van der Waals surface area contributed by atoms with Crippen LogP contribution in [0.3, 0.4) is 0 Å². The largest absolute Gasteiger partial charge is 0.295 e. The van der Waals surface area contributed by atoms with Crippen LogP contribution >= 0.6 is 15.9 Å². The average molecular weight is 295 g/mol. The molecule has 3 rings (SSSR count). The van der Waals surface area contributed by atoms with Crippen molar-refractivity contribution in [3.05, 3.63) is 28.3 Å². The average Bonchev–Trinajstić information content (AvgIpc) is 2.66. The van der Waals surface area contributed by atoms with Crippen LogP contribution in [-0.4, -0.2) is 31.9 Å². The van der Waals surface area contributed by atoms with E-state index in [1.165, 1.54) is 11.4 Å². The number of halogens is 1. The summed E-state index contributed by atoms with van der Waals surface area (Å²) in [7, 11) is 0. The molecule has 1 aliphatic rings. The van der Waals surface area contributed by atoms with Crippen molar-refractivity contribution < 1.29 is 0 Å². The van der Waals surface area contributed by atoms with Crippen molar-refractivity contribution in [2.45, 2.75) is 32.9 Å². The van der Waals surface area contributed by atoms with Crippen molar-refractivity contribution >= 4 is 21.7 Å². The van der Waals surface area contributed by atoms with Crippen molar-refractivity contribution in [3.8, 4) is 0 Å². The second-order valence-electron chi connectivity index (χ2n) is 4.76. The lowest BCUT2D eigenvalue weighted by molar-refractivity contribution is 0.199. The van der Waals surface area contributed by atoms with E-state index >= 15 is 0 Å². The van der Waals surface area contributed by atoms with E-state index in [1.807, 2.05) is 0 Å². The highest BCUT2D eigenvalue weighted by atomic mass is 79.9. The number of fused-ring (bicyclic) bond motifs is 3. The first-order valence-electron chi connectivity index (χ1n) is 5.90. The van der Waals surface area contributed by atoms with Crippen molar-refractivity contribution in [1.82, 2.24) is 19.3 Å². The SMILES string of the molecule is CC(C)N1CCc2nc3ncc(Br)cn3c2C1.